The Morgan fingerprint density at radius 2 is 1.00 bits per heavy atom. The molecule has 0 saturated heterocycles. The molecule has 0 atom stereocenters. The van der Waals surface area contributed by atoms with Crippen LogP contribution in [0.25, 0.3) is 22.1 Å². The molecule has 0 radical (unpaired) electrons. The number of hydrogen-bond donors (Lipinski definition) is 0. The van der Waals surface area contributed by atoms with E-state index in [4.69, 9.17) is 4.42 Å². The fraction of sp³-hybridized carbons (Fsp3) is 0.387. The van der Waals surface area contributed by atoms with Crippen LogP contribution < -0.4 is 26.4 Å². The summed E-state index contributed by atoms with van der Waals surface area (Å²) in [4.78, 5) is 5.20. The number of hydrogen-bond acceptors (Lipinski definition) is 3. The van der Waals surface area contributed by atoms with E-state index in [2.05, 4.69) is 236 Å². The van der Waals surface area contributed by atoms with E-state index in [0.717, 1.165) is 41.1 Å². The van der Waals surface area contributed by atoms with E-state index in [1.54, 1.807) is 0 Å². The largest absolute Gasteiger partial charge is 0.468 e. The van der Waals surface area contributed by atoms with Crippen molar-refractivity contribution in [3.8, 4) is 11.1 Å². The molecule has 7 aromatic rings. The van der Waals surface area contributed by atoms with Crippen molar-refractivity contribution < 1.29 is 4.42 Å². The molecule has 0 fully saturated rings. The average Bonchev–Trinajstić information content (AvgIpc) is 3.62. The van der Waals surface area contributed by atoms with Crippen LogP contribution in [0.4, 0.5) is 34.1 Å². The zero-order valence-electron chi connectivity index (χ0n) is 42.8. The van der Waals surface area contributed by atoms with Gasteiger partial charge in [0, 0.05) is 33.7 Å². The fourth-order valence-electron chi connectivity index (χ4n) is 11.1. The van der Waals surface area contributed by atoms with Crippen LogP contribution in [0.1, 0.15) is 157 Å². The van der Waals surface area contributed by atoms with Crippen molar-refractivity contribution in [3.05, 3.63) is 149 Å². The maximum absolute atomic E-state index is 7.66. The second kappa shape index (κ2) is 14.5. The van der Waals surface area contributed by atoms with Gasteiger partial charge >= 0.3 is 0 Å². The molecule has 10 rings (SSSR count). The topological polar surface area (TPSA) is 19.6 Å². The van der Waals surface area contributed by atoms with Crippen molar-refractivity contribution in [2.24, 2.45) is 0 Å². The van der Waals surface area contributed by atoms with Crippen molar-refractivity contribution >= 4 is 68.4 Å². The third-order valence-corrected chi connectivity index (χ3v) is 15.5. The number of anilines is 6. The van der Waals surface area contributed by atoms with Crippen LogP contribution in [0.2, 0.25) is 0 Å². The summed E-state index contributed by atoms with van der Waals surface area (Å²) < 4.78 is 7.66. The summed E-state index contributed by atoms with van der Waals surface area (Å²) in [7, 11) is 0. The van der Waals surface area contributed by atoms with E-state index < -0.39 is 0 Å². The van der Waals surface area contributed by atoms with Gasteiger partial charge in [0.25, 0.3) is 6.71 Å². The zero-order chi connectivity index (χ0) is 47.3. The van der Waals surface area contributed by atoms with Gasteiger partial charge in [-0.15, -0.1) is 0 Å². The van der Waals surface area contributed by atoms with Gasteiger partial charge in [0.05, 0.1) is 17.0 Å². The summed E-state index contributed by atoms with van der Waals surface area (Å²) in [6.45, 7) is 37.6. The zero-order valence-corrected chi connectivity index (χ0v) is 42.8. The predicted molar refractivity (Wildman–Crippen MR) is 286 cm³/mol. The summed E-state index contributed by atoms with van der Waals surface area (Å²) in [6.07, 6.45) is 2.29. The first-order valence-electron chi connectivity index (χ1n) is 24.6. The first kappa shape index (κ1) is 44.4. The van der Waals surface area contributed by atoms with Gasteiger partial charge in [-0.2, -0.15) is 0 Å². The van der Waals surface area contributed by atoms with E-state index in [1.165, 1.54) is 77.9 Å². The molecule has 4 heteroatoms. The Balaban J connectivity index is 1.39. The van der Waals surface area contributed by atoms with Crippen LogP contribution in [0.5, 0.6) is 0 Å². The SMILES string of the molecule is CC(C)(C)c1ccc(N2c3ccc(C(C)(C)C)cc3B3c4oc5cc6c(cc5c4N(c4ccc(C(C)(C)C)cc4-c4ccccc4)c4cc(C(C)(C)C)cc2c43)C(C)(C)CCC6(C)C)cc1. The summed E-state index contributed by atoms with van der Waals surface area (Å²) in [6, 6.07) is 44.9. The second-order valence-corrected chi connectivity index (χ2v) is 25.4. The Hall–Kier alpha value is -5.48. The normalized spacial score (nSPS) is 16.5. The Kier molecular flexibility index (Phi) is 9.76. The highest BCUT2D eigenvalue weighted by Gasteiger charge is 2.49. The first-order valence-corrected chi connectivity index (χ1v) is 24.6. The van der Waals surface area contributed by atoms with Gasteiger partial charge in [0.2, 0.25) is 0 Å². The number of rotatable bonds is 3. The van der Waals surface area contributed by atoms with Gasteiger partial charge in [-0.3, -0.25) is 0 Å². The van der Waals surface area contributed by atoms with Crippen molar-refractivity contribution in [1.29, 1.82) is 0 Å². The third-order valence-electron chi connectivity index (χ3n) is 15.5. The molecule has 1 aromatic heterocycles. The molecule has 3 aliphatic rings. The average molecular weight is 871 g/mol. The minimum atomic E-state index is -0.142. The molecular weight excluding hydrogens is 800 g/mol. The number of furan rings is 1. The molecule has 0 unspecified atom stereocenters. The van der Waals surface area contributed by atoms with Gasteiger partial charge in [-0.25, -0.2) is 0 Å². The van der Waals surface area contributed by atoms with Gasteiger partial charge in [-0.05, 0) is 150 Å². The highest BCUT2D eigenvalue weighted by atomic mass is 16.3. The van der Waals surface area contributed by atoms with Crippen molar-refractivity contribution in [1.82, 2.24) is 0 Å². The lowest BCUT2D eigenvalue weighted by Crippen LogP contribution is -2.61. The molecule has 3 heterocycles. The van der Waals surface area contributed by atoms with Crippen molar-refractivity contribution in [3.63, 3.8) is 0 Å². The highest BCUT2D eigenvalue weighted by Crippen LogP contribution is 2.53. The van der Waals surface area contributed by atoms with E-state index in [-0.39, 0.29) is 39.2 Å². The lowest BCUT2D eigenvalue weighted by molar-refractivity contribution is 0.332. The molecule has 0 spiro atoms. The van der Waals surface area contributed by atoms with Crippen LogP contribution in [-0.2, 0) is 32.5 Å². The first-order chi connectivity index (χ1) is 30.7. The Morgan fingerprint density at radius 3 is 1.58 bits per heavy atom. The molecule has 338 valence electrons. The highest BCUT2D eigenvalue weighted by molar-refractivity contribution is 7.00. The van der Waals surface area contributed by atoms with Crippen LogP contribution in [0.15, 0.2) is 120 Å². The Bertz CT molecular complexity index is 3060. The van der Waals surface area contributed by atoms with Crippen LogP contribution in [0, 0.1) is 0 Å². The number of nitrogens with zero attached hydrogens (tertiary/aromatic N) is 2. The third kappa shape index (κ3) is 7.07. The molecule has 1 aliphatic carbocycles. The van der Waals surface area contributed by atoms with Crippen molar-refractivity contribution in [2.45, 2.75) is 156 Å². The van der Waals surface area contributed by atoms with E-state index in [0.29, 0.717) is 0 Å². The minimum absolute atomic E-state index is 0.0266. The summed E-state index contributed by atoms with van der Waals surface area (Å²) in [5.41, 5.74) is 22.1. The lowest BCUT2D eigenvalue weighted by atomic mass is 9.35. The molecule has 0 N–H and O–H groups in total. The predicted octanol–water partition coefficient (Wildman–Crippen LogP) is 15.7. The Morgan fingerprint density at radius 1 is 0.485 bits per heavy atom. The Labute approximate surface area is 396 Å². The smallest absolute Gasteiger partial charge is 0.297 e. The van der Waals surface area contributed by atoms with Crippen LogP contribution in [-0.4, -0.2) is 6.71 Å². The maximum Gasteiger partial charge on any atom is 0.297 e. The molecular formula is C62H71BN2O. The van der Waals surface area contributed by atoms with E-state index in [9.17, 15) is 0 Å². The monoisotopic (exact) mass is 871 g/mol. The number of benzene rings is 6. The van der Waals surface area contributed by atoms with E-state index in [1.807, 2.05) is 0 Å². The van der Waals surface area contributed by atoms with Gasteiger partial charge in [0.1, 0.15) is 5.58 Å². The van der Waals surface area contributed by atoms with Crippen molar-refractivity contribution in [2.75, 3.05) is 9.80 Å². The molecule has 66 heavy (non-hydrogen) atoms. The maximum atomic E-state index is 7.66. The minimum Gasteiger partial charge on any atom is -0.468 e. The van der Waals surface area contributed by atoms with Gasteiger partial charge < -0.3 is 14.2 Å². The molecule has 6 aromatic carbocycles. The summed E-state index contributed by atoms with van der Waals surface area (Å²) >= 11 is 0. The van der Waals surface area contributed by atoms with Gasteiger partial charge in [-0.1, -0.05) is 171 Å². The second-order valence-electron chi connectivity index (χ2n) is 25.4. The summed E-state index contributed by atoms with van der Waals surface area (Å²) in [5.74, 6) is 0. The molecule has 2 aliphatic heterocycles. The standard InChI is InChI=1S/C62H71BN2O/c1-57(2,3)39-22-26-43(27-23-39)64-50-29-25-41(59(7,8)9)33-48(50)63-54-51(64)34-42(60(10,11)12)35-52(54)65(49-28-24-40(58(4,5)6)32-44(49)38-20-18-17-19-21-38)55-45-36-46-47(37-53(45)66-56(55)63)62(15,16)31-30-61(46,13)14/h17-29,32-37H,30-31H2,1-16H3. The lowest BCUT2D eigenvalue weighted by Gasteiger charge is -2.44. The fourth-order valence-corrected chi connectivity index (χ4v) is 11.1. The van der Waals surface area contributed by atoms with Gasteiger partial charge in [0.15, 0.2) is 0 Å². The van der Waals surface area contributed by atoms with Crippen LogP contribution in [0.3, 0.4) is 0 Å². The number of fused-ring (bicyclic) bond motifs is 7. The molecule has 0 saturated carbocycles. The van der Waals surface area contributed by atoms with E-state index >= 15 is 0 Å². The molecule has 0 bridgehead atoms. The molecule has 3 nitrogen and oxygen atoms in total. The van der Waals surface area contributed by atoms with Crippen LogP contribution >= 0.6 is 0 Å². The molecule has 0 amide bonds. The summed E-state index contributed by atoms with van der Waals surface area (Å²) in [5, 5.41) is 1.19. The quantitative estimate of drug-likeness (QED) is 0.165.